The van der Waals surface area contributed by atoms with Crippen LogP contribution in [0.15, 0.2) is 0 Å². The number of sulfonamides is 1. The Balaban J connectivity index is 3.72. The van der Waals surface area contributed by atoms with Crippen LogP contribution in [0.3, 0.4) is 0 Å². The summed E-state index contributed by atoms with van der Waals surface area (Å²) in [4.78, 5) is 0. The first-order valence-corrected chi connectivity index (χ1v) is 8.80. The molecule has 0 radical (unpaired) electrons. The molecule has 1 atom stereocenters. The fraction of sp³-hybridized carbons (Fsp3) is 1.00. The zero-order valence-corrected chi connectivity index (χ0v) is 13.4. The summed E-state index contributed by atoms with van der Waals surface area (Å²) in [6, 6.07) is 0.515. The van der Waals surface area contributed by atoms with Crippen molar-refractivity contribution in [1.82, 2.24) is 9.62 Å². The van der Waals surface area contributed by atoms with Crippen LogP contribution in [0.5, 0.6) is 0 Å². The van der Waals surface area contributed by atoms with Crippen LogP contribution in [0.25, 0.3) is 0 Å². The minimum Gasteiger partial charge on any atom is -0.314 e. The van der Waals surface area contributed by atoms with E-state index < -0.39 is 10.0 Å². The standard InChI is InChI=1S/C13H30N2O2S/c1-6-15(18(5,16)17)11-7-10-14-13(4)9-8-12(2)3/h12-14H,6-11H2,1-5H3. The molecule has 0 bridgehead atoms. The van der Waals surface area contributed by atoms with Gasteiger partial charge in [-0.05, 0) is 38.6 Å². The summed E-state index contributed by atoms with van der Waals surface area (Å²) in [5.74, 6) is 0.745. The Labute approximate surface area is 113 Å². The molecule has 18 heavy (non-hydrogen) atoms. The zero-order valence-electron chi connectivity index (χ0n) is 12.6. The van der Waals surface area contributed by atoms with Gasteiger partial charge in [0.05, 0.1) is 6.26 Å². The Morgan fingerprint density at radius 3 is 2.22 bits per heavy atom. The smallest absolute Gasteiger partial charge is 0.211 e. The van der Waals surface area contributed by atoms with Crippen molar-refractivity contribution in [3.8, 4) is 0 Å². The summed E-state index contributed by atoms with van der Waals surface area (Å²) in [5, 5.41) is 3.45. The highest BCUT2D eigenvalue weighted by molar-refractivity contribution is 7.88. The molecule has 5 heteroatoms. The number of nitrogens with zero attached hydrogens (tertiary/aromatic N) is 1. The van der Waals surface area contributed by atoms with E-state index in [0.29, 0.717) is 19.1 Å². The largest absolute Gasteiger partial charge is 0.314 e. The van der Waals surface area contributed by atoms with Crippen LogP contribution >= 0.6 is 0 Å². The molecule has 1 unspecified atom stereocenters. The van der Waals surface area contributed by atoms with Crippen molar-refractivity contribution in [1.29, 1.82) is 0 Å². The highest BCUT2D eigenvalue weighted by atomic mass is 32.2. The third-order valence-electron chi connectivity index (χ3n) is 3.08. The lowest BCUT2D eigenvalue weighted by molar-refractivity contribution is 0.401. The van der Waals surface area contributed by atoms with E-state index in [1.807, 2.05) is 6.92 Å². The maximum Gasteiger partial charge on any atom is 0.211 e. The number of rotatable bonds is 10. The highest BCUT2D eigenvalue weighted by Crippen LogP contribution is 2.06. The molecule has 0 aliphatic carbocycles. The second-order valence-corrected chi connectivity index (χ2v) is 7.42. The first-order chi connectivity index (χ1) is 8.27. The fourth-order valence-electron chi connectivity index (χ4n) is 1.85. The topological polar surface area (TPSA) is 49.4 Å². The van der Waals surface area contributed by atoms with Gasteiger partial charge in [0.1, 0.15) is 0 Å². The lowest BCUT2D eigenvalue weighted by Crippen LogP contribution is -2.34. The fourth-order valence-corrected chi connectivity index (χ4v) is 2.78. The molecule has 0 spiro atoms. The molecule has 0 rings (SSSR count). The van der Waals surface area contributed by atoms with Crippen molar-refractivity contribution >= 4 is 10.0 Å². The summed E-state index contributed by atoms with van der Waals surface area (Å²) >= 11 is 0. The maximum absolute atomic E-state index is 11.4. The molecule has 0 aromatic rings. The quantitative estimate of drug-likeness (QED) is 0.622. The summed E-state index contributed by atoms with van der Waals surface area (Å²) < 4.78 is 24.3. The van der Waals surface area contributed by atoms with Gasteiger partial charge in [0.25, 0.3) is 0 Å². The van der Waals surface area contributed by atoms with Gasteiger partial charge in [0.15, 0.2) is 0 Å². The molecule has 0 saturated carbocycles. The second kappa shape index (κ2) is 8.88. The van der Waals surface area contributed by atoms with Gasteiger partial charge in [-0.1, -0.05) is 20.8 Å². The van der Waals surface area contributed by atoms with Crippen molar-refractivity contribution in [3.05, 3.63) is 0 Å². The molecule has 0 aliphatic heterocycles. The summed E-state index contributed by atoms with van der Waals surface area (Å²) in [5.41, 5.74) is 0. The average Bonchev–Trinajstić information content (AvgIpc) is 2.24. The third kappa shape index (κ3) is 8.89. The molecular formula is C13H30N2O2S. The predicted octanol–water partition coefficient (Wildman–Crippen LogP) is 2.07. The Hall–Kier alpha value is -0.130. The van der Waals surface area contributed by atoms with Crippen LogP contribution in [0, 0.1) is 5.92 Å². The first-order valence-electron chi connectivity index (χ1n) is 6.95. The number of nitrogens with one attached hydrogen (secondary N) is 1. The van der Waals surface area contributed by atoms with Gasteiger partial charge in [-0.2, -0.15) is 0 Å². The SMILES string of the molecule is CCN(CCCNC(C)CCC(C)C)S(C)(=O)=O. The van der Waals surface area contributed by atoms with E-state index in [1.165, 1.54) is 23.4 Å². The maximum atomic E-state index is 11.4. The van der Waals surface area contributed by atoms with Gasteiger partial charge in [0, 0.05) is 19.1 Å². The molecule has 0 fully saturated rings. The van der Waals surface area contributed by atoms with E-state index in [1.54, 1.807) is 0 Å². The van der Waals surface area contributed by atoms with Gasteiger partial charge < -0.3 is 5.32 Å². The highest BCUT2D eigenvalue weighted by Gasteiger charge is 2.13. The van der Waals surface area contributed by atoms with Gasteiger partial charge in [-0.15, -0.1) is 0 Å². The van der Waals surface area contributed by atoms with Gasteiger partial charge in [0.2, 0.25) is 10.0 Å². The monoisotopic (exact) mass is 278 g/mol. The van der Waals surface area contributed by atoms with Crippen LogP contribution in [0.1, 0.15) is 47.0 Å². The molecule has 0 heterocycles. The summed E-state index contributed by atoms with van der Waals surface area (Å²) in [7, 11) is -3.03. The van der Waals surface area contributed by atoms with Crippen LogP contribution in [0.2, 0.25) is 0 Å². The van der Waals surface area contributed by atoms with Crippen LogP contribution in [0.4, 0.5) is 0 Å². The van der Waals surface area contributed by atoms with E-state index in [9.17, 15) is 8.42 Å². The van der Waals surface area contributed by atoms with Crippen molar-refractivity contribution in [2.75, 3.05) is 25.9 Å². The minimum atomic E-state index is -3.03. The lowest BCUT2D eigenvalue weighted by Gasteiger charge is -2.19. The van der Waals surface area contributed by atoms with E-state index in [4.69, 9.17) is 0 Å². The molecule has 0 aromatic carbocycles. The van der Waals surface area contributed by atoms with E-state index in [0.717, 1.165) is 18.9 Å². The molecule has 0 aromatic heterocycles. The second-order valence-electron chi connectivity index (χ2n) is 5.43. The van der Waals surface area contributed by atoms with Crippen molar-refractivity contribution < 1.29 is 8.42 Å². The van der Waals surface area contributed by atoms with Gasteiger partial charge >= 0.3 is 0 Å². The zero-order chi connectivity index (χ0) is 14.2. The molecule has 4 nitrogen and oxygen atoms in total. The lowest BCUT2D eigenvalue weighted by atomic mass is 10.0. The number of hydrogen-bond donors (Lipinski definition) is 1. The molecule has 1 N–H and O–H groups in total. The van der Waals surface area contributed by atoms with E-state index >= 15 is 0 Å². The van der Waals surface area contributed by atoms with Crippen molar-refractivity contribution in [2.45, 2.75) is 53.0 Å². The van der Waals surface area contributed by atoms with Crippen molar-refractivity contribution in [3.63, 3.8) is 0 Å². The van der Waals surface area contributed by atoms with Crippen LogP contribution in [-0.4, -0.2) is 44.7 Å². The Kier molecular flexibility index (Phi) is 8.82. The van der Waals surface area contributed by atoms with Crippen LogP contribution < -0.4 is 5.32 Å². The first kappa shape index (κ1) is 17.9. The number of hydrogen-bond acceptors (Lipinski definition) is 3. The average molecular weight is 278 g/mol. The van der Waals surface area contributed by atoms with Gasteiger partial charge in [-0.3, -0.25) is 0 Å². The van der Waals surface area contributed by atoms with Crippen molar-refractivity contribution in [2.24, 2.45) is 5.92 Å². The molecule has 0 aliphatic rings. The molecule has 110 valence electrons. The molecule has 0 amide bonds. The Bertz CT molecular complexity index is 302. The third-order valence-corrected chi connectivity index (χ3v) is 4.45. The normalized spacial score (nSPS) is 14.4. The minimum absolute atomic E-state index is 0.515. The Morgan fingerprint density at radius 1 is 1.17 bits per heavy atom. The Morgan fingerprint density at radius 2 is 1.78 bits per heavy atom. The van der Waals surface area contributed by atoms with Gasteiger partial charge in [-0.25, -0.2) is 12.7 Å². The molecular weight excluding hydrogens is 248 g/mol. The van der Waals surface area contributed by atoms with E-state index in [-0.39, 0.29) is 0 Å². The molecule has 0 saturated heterocycles. The summed E-state index contributed by atoms with van der Waals surface area (Å²) in [6.45, 7) is 10.6. The van der Waals surface area contributed by atoms with Crippen LogP contribution in [-0.2, 0) is 10.0 Å². The predicted molar refractivity (Wildman–Crippen MR) is 78.2 cm³/mol. The summed E-state index contributed by atoms with van der Waals surface area (Å²) in [6.07, 6.45) is 4.56. The van der Waals surface area contributed by atoms with E-state index in [2.05, 4.69) is 26.1 Å².